The predicted molar refractivity (Wildman–Crippen MR) is 64.0 cm³/mol. The molecular formula is C11H8Cl2N2O. The summed E-state index contributed by atoms with van der Waals surface area (Å²) in [5.74, 6) is 0.787. The van der Waals surface area contributed by atoms with Gasteiger partial charge in [0.05, 0.1) is 7.11 Å². The molecule has 2 aromatic rings. The van der Waals surface area contributed by atoms with Crippen LogP contribution < -0.4 is 4.74 Å². The topological polar surface area (TPSA) is 35.0 Å². The zero-order valence-corrected chi connectivity index (χ0v) is 9.96. The average molecular weight is 255 g/mol. The molecular weight excluding hydrogens is 247 g/mol. The maximum absolute atomic E-state index is 5.97. The average Bonchev–Trinajstić information content (AvgIpc) is 2.29. The van der Waals surface area contributed by atoms with Crippen LogP contribution in [0.15, 0.2) is 30.5 Å². The van der Waals surface area contributed by atoms with Crippen LogP contribution in [0.2, 0.25) is 10.4 Å². The lowest BCUT2D eigenvalue weighted by molar-refractivity contribution is 0.415. The second-order valence-electron chi connectivity index (χ2n) is 3.07. The molecule has 3 nitrogen and oxygen atoms in total. The minimum Gasteiger partial charge on any atom is -0.497 e. The molecule has 82 valence electrons. The fourth-order valence-corrected chi connectivity index (χ4v) is 1.72. The minimum atomic E-state index is 0.141. The summed E-state index contributed by atoms with van der Waals surface area (Å²) in [4.78, 5) is 7.78. The Hall–Kier alpha value is -1.32. The van der Waals surface area contributed by atoms with E-state index in [1.54, 1.807) is 13.3 Å². The van der Waals surface area contributed by atoms with Gasteiger partial charge in [0.25, 0.3) is 0 Å². The van der Waals surface area contributed by atoms with Crippen molar-refractivity contribution in [3.05, 3.63) is 40.9 Å². The summed E-state index contributed by atoms with van der Waals surface area (Å²) in [7, 11) is 1.62. The van der Waals surface area contributed by atoms with Crippen molar-refractivity contribution in [3.8, 4) is 16.9 Å². The van der Waals surface area contributed by atoms with Gasteiger partial charge in [-0.2, -0.15) is 0 Å². The molecule has 0 spiro atoms. The predicted octanol–water partition coefficient (Wildman–Crippen LogP) is 3.46. The SMILES string of the molecule is COc1ccc(-c2cnc(Cl)nc2Cl)cc1. The second-order valence-corrected chi connectivity index (χ2v) is 3.77. The van der Waals surface area contributed by atoms with Crippen LogP contribution in [-0.2, 0) is 0 Å². The number of ether oxygens (including phenoxy) is 1. The number of aromatic nitrogens is 2. The molecule has 0 aliphatic carbocycles. The van der Waals surface area contributed by atoms with Crippen molar-refractivity contribution in [2.24, 2.45) is 0 Å². The molecule has 5 heteroatoms. The highest BCUT2D eigenvalue weighted by Gasteiger charge is 2.06. The molecule has 0 N–H and O–H groups in total. The molecule has 0 amide bonds. The molecule has 0 saturated carbocycles. The van der Waals surface area contributed by atoms with Gasteiger partial charge in [0.1, 0.15) is 10.9 Å². The van der Waals surface area contributed by atoms with Gasteiger partial charge in [0.15, 0.2) is 0 Å². The van der Waals surface area contributed by atoms with E-state index in [0.717, 1.165) is 16.9 Å². The molecule has 0 fully saturated rings. The van der Waals surface area contributed by atoms with E-state index in [4.69, 9.17) is 27.9 Å². The van der Waals surface area contributed by atoms with Crippen molar-refractivity contribution in [2.45, 2.75) is 0 Å². The van der Waals surface area contributed by atoms with Crippen molar-refractivity contribution in [1.29, 1.82) is 0 Å². The zero-order valence-electron chi connectivity index (χ0n) is 8.45. The summed E-state index contributed by atoms with van der Waals surface area (Å²) >= 11 is 11.6. The summed E-state index contributed by atoms with van der Waals surface area (Å²) in [6, 6.07) is 7.47. The zero-order chi connectivity index (χ0) is 11.5. The summed E-state index contributed by atoms with van der Waals surface area (Å²) < 4.78 is 5.07. The molecule has 0 aliphatic rings. The highest BCUT2D eigenvalue weighted by Crippen LogP contribution is 2.27. The third-order valence-corrected chi connectivity index (χ3v) is 2.58. The largest absolute Gasteiger partial charge is 0.497 e. The van der Waals surface area contributed by atoms with Crippen molar-refractivity contribution in [3.63, 3.8) is 0 Å². The Morgan fingerprint density at radius 3 is 2.38 bits per heavy atom. The number of halogens is 2. The highest BCUT2D eigenvalue weighted by atomic mass is 35.5. The van der Waals surface area contributed by atoms with Crippen LogP contribution in [0.5, 0.6) is 5.75 Å². The fourth-order valence-electron chi connectivity index (χ4n) is 1.31. The Morgan fingerprint density at radius 1 is 1.12 bits per heavy atom. The lowest BCUT2D eigenvalue weighted by atomic mass is 10.1. The number of nitrogens with zero attached hydrogens (tertiary/aromatic N) is 2. The molecule has 2 rings (SSSR count). The van der Waals surface area contributed by atoms with Gasteiger partial charge in [0, 0.05) is 11.8 Å². The molecule has 1 aromatic heterocycles. The summed E-state index contributed by atoms with van der Waals surface area (Å²) in [5.41, 5.74) is 1.66. The normalized spacial score (nSPS) is 10.2. The molecule has 0 saturated heterocycles. The van der Waals surface area contributed by atoms with E-state index in [0.29, 0.717) is 5.15 Å². The molecule has 0 aliphatic heterocycles. The Morgan fingerprint density at radius 2 is 1.81 bits per heavy atom. The first-order valence-corrected chi connectivity index (χ1v) is 5.29. The van der Waals surface area contributed by atoms with Crippen molar-refractivity contribution < 1.29 is 4.74 Å². The van der Waals surface area contributed by atoms with Crippen molar-refractivity contribution in [2.75, 3.05) is 7.11 Å². The molecule has 0 bridgehead atoms. The number of methoxy groups -OCH3 is 1. The van der Waals surface area contributed by atoms with Crippen LogP contribution >= 0.6 is 23.2 Å². The first-order chi connectivity index (χ1) is 7.70. The summed E-state index contributed by atoms with van der Waals surface area (Å²) in [6.07, 6.45) is 1.60. The third-order valence-electron chi connectivity index (χ3n) is 2.11. The van der Waals surface area contributed by atoms with Gasteiger partial charge in [-0.3, -0.25) is 0 Å². The third kappa shape index (κ3) is 2.26. The van der Waals surface area contributed by atoms with E-state index in [1.165, 1.54) is 0 Å². The molecule has 0 radical (unpaired) electrons. The van der Waals surface area contributed by atoms with Crippen LogP contribution in [0.3, 0.4) is 0 Å². The molecule has 0 atom stereocenters. The number of rotatable bonds is 2. The van der Waals surface area contributed by atoms with E-state index < -0.39 is 0 Å². The summed E-state index contributed by atoms with van der Waals surface area (Å²) in [6.45, 7) is 0. The maximum atomic E-state index is 5.97. The van der Waals surface area contributed by atoms with Crippen LogP contribution in [0, 0.1) is 0 Å². The van der Waals surface area contributed by atoms with Crippen molar-refractivity contribution in [1.82, 2.24) is 9.97 Å². The Bertz CT molecular complexity index is 500. The monoisotopic (exact) mass is 254 g/mol. The van der Waals surface area contributed by atoms with E-state index in [9.17, 15) is 0 Å². The number of hydrogen-bond donors (Lipinski definition) is 0. The molecule has 1 heterocycles. The van der Waals surface area contributed by atoms with Crippen LogP contribution in [0.4, 0.5) is 0 Å². The van der Waals surface area contributed by atoms with Crippen LogP contribution in [0.25, 0.3) is 11.1 Å². The lowest BCUT2D eigenvalue weighted by Gasteiger charge is -2.04. The van der Waals surface area contributed by atoms with E-state index in [2.05, 4.69) is 9.97 Å². The van der Waals surface area contributed by atoms with E-state index in [-0.39, 0.29) is 5.28 Å². The maximum Gasteiger partial charge on any atom is 0.223 e. The van der Waals surface area contributed by atoms with E-state index >= 15 is 0 Å². The van der Waals surface area contributed by atoms with Gasteiger partial charge in [-0.1, -0.05) is 23.7 Å². The number of benzene rings is 1. The van der Waals surface area contributed by atoms with Crippen LogP contribution in [-0.4, -0.2) is 17.1 Å². The second kappa shape index (κ2) is 4.68. The first-order valence-electron chi connectivity index (χ1n) is 4.53. The standard InChI is InChI=1S/C11H8Cl2N2O/c1-16-8-4-2-7(3-5-8)9-6-14-11(13)15-10(9)12/h2-6H,1H3. The van der Waals surface area contributed by atoms with Gasteiger partial charge in [-0.25, -0.2) is 9.97 Å². The minimum absolute atomic E-state index is 0.141. The summed E-state index contributed by atoms with van der Waals surface area (Å²) in [5, 5.41) is 0.479. The Labute approximate surface area is 103 Å². The van der Waals surface area contributed by atoms with E-state index in [1.807, 2.05) is 24.3 Å². The Balaban J connectivity index is 2.42. The smallest absolute Gasteiger partial charge is 0.223 e. The van der Waals surface area contributed by atoms with Crippen LogP contribution in [0.1, 0.15) is 0 Å². The quantitative estimate of drug-likeness (QED) is 0.608. The molecule has 16 heavy (non-hydrogen) atoms. The molecule has 0 unspecified atom stereocenters. The van der Waals surface area contributed by atoms with Gasteiger partial charge in [-0.15, -0.1) is 0 Å². The highest BCUT2D eigenvalue weighted by molar-refractivity contribution is 6.33. The fraction of sp³-hybridized carbons (Fsp3) is 0.0909. The van der Waals surface area contributed by atoms with Gasteiger partial charge in [-0.05, 0) is 29.3 Å². The van der Waals surface area contributed by atoms with Gasteiger partial charge >= 0.3 is 0 Å². The van der Waals surface area contributed by atoms with Gasteiger partial charge < -0.3 is 4.74 Å². The number of hydrogen-bond acceptors (Lipinski definition) is 3. The van der Waals surface area contributed by atoms with Gasteiger partial charge in [0.2, 0.25) is 5.28 Å². The lowest BCUT2D eigenvalue weighted by Crippen LogP contribution is -1.88. The van der Waals surface area contributed by atoms with Crippen molar-refractivity contribution >= 4 is 23.2 Å². The molecule has 1 aromatic carbocycles. The first kappa shape index (κ1) is 11.2. The Kier molecular flexibility index (Phi) is 3.27.